The topological polar surface area (TPSA) is 50.4 Å². The average molecular weight is 339 g/mol. The zero-order chi connectivity index (χ0) is 15.3. The van der Waals surface area contributed by atoms with Gasteiger partial charge in [0.2, 0.25) is 5.91 Å². The maximum Gasteiger partial charge on any atom is 0.422 e. The van der Waals surface area contributed by atoms with Gasteiger partial charge in [-0.1, -0.05) is 12.1 Å². The number of hydrogen-bond donors (Lipinski definition) is 2. The number of carbonyl (C=O) groups is 1. The van der Waals surface area contributed by atoms with Gasteiger partial charge in [-0.2, -0.15) is 13.2 Å². The summed E-state index contributed by atoms with van der Waals surface area (Å²) in [7, 11) is 0. The Bertz CT molecular complexity index is 493. The van der Waals surface area contributed by atoms with Crippen LogP contribution < -0.4 is 15.4 Å². The zero-order valence-electron chi connectivity index (χ0n) is 11.8. The SMILES string of the molecule is Cl.O=C(CNCC1CC1)Nc1ccccc1OCC(F)(F)F. The normalized spacial score (nSPS) is 14.1. The fraction of sp³-hybridized carbons (Fsp3) is 0.500. The molecule has 4 nitrogen and oxygen atoms in total. The van der Waals surface area contributed by atoms with Gasteiger partial charge in [-0.25, -0.2) is 0 Å². The van der Waals surface area contributed by atoms with E-state index in [2.05, 4.69) is 10.6 Å². The molecule has 0 bridgehead atoms. The van der Waals surface area contributed by atoms with E-state index in [-0.39, 0.29) is 36.3 Å². The van der Waals surface area contributed by atoms with Gasteiger partial charge in [-0.3, -0.25) is 4.79 Å². The minimum absolute atomic E-state index is 0. The molecular weight excluding hydrogens is 321 g/mol. The molecule has 1 aromatic carbocycles. The summed E-state index contributed by atoms with van der Waals surface area (Å²) < 4.78 is 41.2. The fourth-order valence-electron chi connectivity index (χ4n) is 1.76. The van der Waals surface area contributed by atoms with Crippen molar-refractivity contribution in [1.82, 2.24) is 5.32 Å². The monoisotopic (exact) mass is 338 g/mol. The second-order valence-corrected chi connectivity index (χ2v) is 5.02. The van der Waals surface area contributed by atoms with Crippen molar-refractivity contribution in [1.29, 1.82) is 0 Å². The summed E-state index contributed by atoms with van der Waals surface area (Å²) in [6.07, 6.45) is -2.05. The number of halogens is 4. The minimum Gasteiger partial charge on any atom is -0.482 e. The molecule has 0 saturated heterocycles. The molecule has 2 N–H and O–H groups in total. The van der Waals surface area contributed by atoms with E-state index in [9.17, 15) is 18.0 Å². The van der Waals surface area contributed by atoms with Gasteiger partial charge < -0.3 is 15.4 Å². The number of hydrogen-bond acceptors (Lipinski definition) is 3. The lowest BCUT2D eigenvalue weighted by Gasteiger charge is -2.14. The molecule has 8 heteroatoms. The van der Waals surface area contributed by atoms with Crippen LogP contribution in [0.15, 0.2) is 24.3 Å². The molecule has 0 radical (unpaired) electrons. The van der Waals surface area contributed by atoms with E-state index in [1.807, 2.05) is 0 Å². The average Bonchev–Trinajstić information content (AvgIpc) is 3.21. The Morgan fingerprint density at radius 1 is 1.27 bits per heavy atom. The molecule has 124 valence electrons. The summed E-state index contributed by atoms with van der Waals surface area (Å²) in [4.78, 5) is 11.7. The lowest BCUT2D eigenvalue weighted by atomic mass is 10.3. The highest BCUT2D eigenvalue weighted by atomic mass is 35.5. The van der Waals surface area contributed by atoms with Crippen molar-refractivity contribution < 1.29 is 22.7 Å². The fourth-order valence-corrected chi connectivity index (χ4v) is 1.76. The van der Waals surface area contributed by atoms with Crippen LogP contribution in [0.5, 0.6) is 5.75 Å². The first kappa shape index (κ1) is 18.6. The minimum atomic E-state index is -4.41. The predicted octanol–water partition coefficient (Wildman–Crippen LogP) is 2.99. The van der Waals surface area contributed by atoms with Crippen LogP contribution in [0.2, 0.25) is 0 Å². The second-order valence-electron chi connectivity index (χ2n) is 5.02. The van der Waals surface area contributed by atoms with Crippen LogP contribution in [0.4, 0.5) is 18.9 Å². The standard InChI is InChI=1S/C14H17F3N2O2.ClH/c15-14(16,17)9-21-12-4-2-1-3-11(12)19-13(20)8-18-7-10-5-6-10;/h1-4,10,18H,5-9H2,(H,19,20);1H. The number of amides is 1. The number of ether oxygens (including phenoxy) is 1. The Morgan fingerprint density at radius 2 is 1.95 bits per heavy atom. The van der Waals surface area contributed by atoms with E-state index < -0.39 is 12.8 Å². The van der Waals surface area contributed by atoms with Gasteiger partial charge >= 0.3 is 6.18 Å². The number of benzene rings is 1. The molecule has 1 aliphatic carbocycles. The van der Waals surface area contributed by atoms with Crippen molar-refractivity contribution in [3.8, 4) is 5.75 Å². The van der Waals surface area contributed by atoms with Gasteiger partial charge in [0.25, 0.3) is 0 Å². The first-order chi connectivity index (χ1) is 9.94. The van der Waals surface area contributed by atoms with Crippen LogP contribution in [0.3, 0.4) is 0 Å². The smallest absolute Gasteiger partial charge is 0.422 e. The van der Waals surface area contributed by atoms with Gasteiger partial charge in [-0.15, -0.1) is 12.4 Å². The Labute approximate surface area is 132 Å². The Morgan fingerprint density at radius 3 is 2.59 bits per heavy atom. The van der Waals surface area contributed by atoms with Crippen LogP contribution in [0, 0.1) is 5.92 Å². The van der Waals surface area contributed by atoms with Gasteiger partial charge in [0, 0.05) is 0 Å². The number of carbonyl (C=O) groups excluding carboxylic acids is 1. The predicted molar refractivity (Wildman–Crippen MR) is 79.5 cm³/mol. The van der Waals surface area contributed by atoms with Crippen molar-refractivity contribution in [2.45, 2.75) is 19.0 Å². The molecule has 22 heavy (non-hydrogen) atoms. The van der Waals surface area contributed by atoms with Crippen LogP contribution in [0.1, 0.15) is 12.8 Å². The summed E-state index contributed by atoms with van der Waals surface area (Å²) in [5, 5.41) is 5.56. The Balaban J connectivity index is 0.00000242. The van der Waals surface area contributed by atoms with Crippen LogP contribution in [0.25, 0.3) is 0 Å². The largest absolute Gasteiger partial charge is 0.482 e. The Kier molecular flexibility index (Phi) is 6.96. The summed E-state index contributed by atoms with van der Waals surface area (Å²) in [6, 6.07) is 6.06. The van der Waals surface area contributed by atoms with E-state index in [1.165, 1.54) is 25.0 Å². The summed E-state index contributed by atoms with van der Waals surface area (Å²) in [5.74, 6) is 0.351. The molecule has 0 heterocycles. The molecule has 2 rings (SSSR count). The third-order valence-electron chi connectivity index (χ3n) is 2.97. The van der Waals surface area contributed by atoms with E-state index in [4.69, 9.17) is 4.74 Å². The summed E-state index contributed by atoms with van der Waals surface area (Å²) in [5.41, 5.74) is 0.236. The lowest BCUT2D eigenvalue weighted by molar-refractivity contribution is -0.153. The van der Waals surface area contributed by atoms with Crippen molar-refractivity contribution in [2.75, 3.05) is 25.0 Å². The molecule has 1 aliphatic rings. The van der Waals surface area contributed by atoms with Crippen molar-refractivity contribution in [3.05, 3.63) is 24.3 Å². The molecule has 0 aliphatic heterocycles. The first-order valence-electron chi connectivity index (χ1n) is 6.73. The lowest BCUT2D eigenvalue weighted by Crippen LogP contribution is -2.29. The molecular formula is C14H18ClF3N2O2. The highest BCUT2D eigenvalue weighted by Gasteiger charge is 2.28. The molecule has 0 atom stereocenters. The van der Waals surface area contributed by atoms with Gasteiger partial charge in [-0.05, 0) is 37.4 Å². The van der Waals surface area contributed by atoms with Gasteiger partial charge in [0.1, 0.15) is 5.75 Å². The van der Waals surface area contributed by atoms with Crippen molar-refractivity contribution >= 4 is 24.0 Å². The number of anilines is 1. The maximum atomic E-state index is 12.2. The van der Waals surface area contributed by atoms with E-state index in [1.54, 1.807) is 12.1 Å². The quantitative estimate of drug-likeness (QED) is 0.803. The molecule has 0 spiro atoms. The van der Waals surface area contributed by atoms with E-state index in [0.29, 0.717) is 5.92 Å². The number of nitrogens with one attached hydrogen (secondary N) is 2. The number of para-hydroxylation sites is 2. The van der Waals surface area contributed by atoms with Gasteiger partial charge in [0.15, 0.2) is 6.61 Å². The third kappa shape index (κ3) is 7.00. The van der Waals surface area contributed by atoms with Crippen LogP contribution in [-0.2, 0) is 4.79 Å². The third-order valence-corrected chi connectivity index (χ3v) is 2.97. The molecule has 1 aromatic rings. The molecule has 1 saturated carbocycles. The summed E-state index contributed by atoms with van der Waals surface area (Å²) in [6.45, 7) is -0.469. The highest BCUT2D eigenvalue weighted by molar-refractivity contribution is 5.93. The highest BCUT2D eigenvalue weighted by Crippen LogP contribution is 2.28. The Hall–Kier alpha value is -1.47. The molecule has 0 unspecified atom stereocenters. The van der Waals surface area contributed by atoms with Crippen molar-refractivity contribution in [3.63, 3.8) is 0 Å². The van der Waals surface area contributed by atoms with Crippen molar-refractivity contribution in [2.24, 2.45) is 5.92 Å². The van der Waals surface area contributed by atoms with Crippen LogP contribution >= 0.6 is 12.4 Å². The first-order valence-corrected chi connectivity index (χ1v) is 6.73. The van der Waals surface area contributed by atoms with E-state index in [0.717, 1.165) is 6.54 Å². The van der Waals surface area contributed by atoms with Crippen LogP contribution in [-0.4, -0.2) is 31.8 Å². The molecule has 1 fully saturated rings. The summed E-state index contributed by atoms with van der Waals surface area (Å²) >= 11 is 0. The number of alkyl halides is 3. The maximum absolute atomic E-state index is 12.2. The van der Waals surface area contributed by atoms with E-state index >= 15 is 0 Å². The van der Waals surface area contributed by atoms with Gasteiger partial charge in [0.05, 0.1) is 12.2 Å². The molecule has 0 aromatic heterocycles. The second kappa shape index (κ2) is 8.24. The number of rotatable bonds is 7. The zero-order valence-corrected chi connectivity index (χ0v) is 12.6. The molecule has 1 amide bonds.